The van der Waals surface area contributed by atoms with Gasteiger partial charge in [-0.15, -0.1) is 12.4 Å². The van der Waals surface area contributed by atoms with Crippen LogP contribution < -0.4 is 5.32 Å². The SMILES string of the molecule is CSCCC(C)N(C)C(=O)CC(C)C1CCNCC1.Cl. The zero-order chi connectivity index (χ0) is 14.3. The minimum absolute atomic E-state index is 0. The van der Waals surface area contributed by atoms with Crippen LogP contribution in [0.25, 0.3) is 0 Å². The first-order chi connectivity index (χ1) is 9.06. The average molecular weight is 323 g/mol. The van der Waals surface area contributed by atoms with Crippen LogP contribution in [0.1, 0.15) is 39.5 Å². The van der Waals surface area contributed by atoms with Crippen LogP contribution in [0.4, 0.5) is 0 Å². The number of amides is 1. The van der Waals surface area contributed by atoms with E-state index in [4.69, 9.17) is 0 Å². The number of carbonyl (C=O) groups is 1. The van der Waals surface area contributed by atoms with Crippen molar-refractivity contribution in [2.24, 2.45) is 11.8 Å². The summed E-state index contributed by atoms with van der Waals surface area (Å²) in [6, 6.07) is 0.361. The summed E-state index contributed by atoms with van der Waals surface area (Å²) in [6.07, 6.45) is 6.37. The van der Waals surface area contributed by atoms with Crippen molar-refractivity contribution in [3.63, 3.8) is 0 Å². The zero-order valence-electron chi connectivity index (χ0n) is 13.4. The van der Waals surface area contributed by atoms with Gasteiger partial charge in [-0.05, 0) is 63.1 Å². The largest absolute Gasteiger partial charge is 0.343 e. The summed E-state index contributed by atoms with van der Waals surface area (Å²) in [4.78, 5) is 14.3. The van der Waals surface area contributed by atoms with Gasteiger partial charge < -0.3 is 10.2 Å². The van der Waals surface area contributed by atoms with E-state index in [0.29, 0.717) is 24.3 Å². The lowest BCUT2D eigenvalue weighted by atomic mass is 9.84. The van der Waals surface area contributed by atoms with Crippen molar-refractivity contribution in [1.82, 2.24) is 10.2 Å². The molecule has 0 spiro atoms. The topological polar surface area (TPSA) is 32.3 Å². The second kappa shape index (κ2) is 10.7. The molecule has 5 heteroatoms. The smallest absolute Gasteiger partial charge is 0.222 e. The molecule has 3 nitrogen and oxygen atoms in total. The number of nitrogens with zero attached hydrogens (tertiary/aromatic N) is 1. The maximum Gasteiger partial charge on any atom is 0.222 e. The van der Waals surface area contributed by atoms with Gasteiger partial charge >= 0.3 is 0 Å². The molecule has 2 unspecified atom stereocenters. The second-order valence-corrected chi connectivity index (χ2v) is 6.89. The van der Waals surface area contributed by atoms with Gasteiger partial charge in [0.25, 0.3) is 0 Å². The second-order valence-electron chi connectivity index (χ2n) is 5.90. The standard InChI is InChI=1S/C15H30N2OS.ClH/c1-12(14-5-8-16-9-6-14)11-15(18)17(3)13(2)7-10-19-4;/h12-14,16H,5-11H2,1-4H3;1H. The fourth-order valence-electron chi connectivity index (χ4n) is 2.73. The molecule has 1 aliphatic rings. The number of thioether (sulfide) groups is 1. The van der Waals surface area contributed by atoms with Gasteiger partial charge in [0, 0.05) is 19.5 Å². The number of hydrogen-bond donors (Lipinski definition) is 1. The van der Waals surface area contributed by atoms with Crippen molar-refractivity contribution in [3.05, 3.63) is 0 Å². The molecule has 1 aliphatic heterocycles. The summed E-state index contributed by atoms with van der Waals surface area (Å²) < 4.78 is 0. The van der Waals surface area contributed by atoms with Crippen LogP contribution in [0.15, 0.2) is 0 Å². The quantitative estimate of drug-likeness (QED) is 0.782. The maximum absolute atomic E-state index is 12.3. The molecule has 0 aliphatic carbocycles. The first kappa shape index (κ1) is 20.1. The Labute approximate surface area is 135 Å². The fraction of sp³-hybridized carbons (Fsp3) is 0.933. The molecule has 1 rings (SSSR count). The highest BCUT2D eigenvalue weighted by Gasteiger charge is 2.24. The highest BCUT2D eigenvalue weighted by atomic mass is 35.5. The molecule has 2 atom stereocenters. The van der Waals surface area contributed by atoms with Crippen molar-refractivity contribution in [2.45, 2.75) is 45.6 Å². The Bertz CT molecular complexity index is 273. The number of halogens is 1. The lowest BCUT2D eigenvalue weighted by molar-refractivity contribution is -0.133. The van der Waals surface area contributed by atoms with Gasteiger partial charge in [0.15, 0.2) is 0 Å². The van der Waals surface area contributed by atoms with Crippen molar-refractivity contribution in [1.29, 1.82) is 0 Å². The Hall–Kier alpha value is 0.0700. The van der Waals surface area contributed by atoms with Gasteiger partial charge in [-0.3, -0.25) is 4.79 Å². The van der Waals surface area contributed by atoms with Crippen LogP contribution in [0.5, 0.6) is 0 Å². The molecule has 1 saturated heterocycles. The van der Waals surface area contributed by atoms with E-state index in [0.717, 1.165) is 31.2 Å². The first-order valence-corrected chi connectivity index (χ1v) is 8.91. The summed E-state index contributed by atoms with van der Waals surface area (Å²) in [5.41, 5.74) is 0. The molecule has 0 aromatic carbocycles. The van der Waals surface area contributed by atoms with Crippen LogP contribution in [0.2, 0.25) is 0 Å². The summed E-state index contributed by atoms with van der Waals surface area (Å²) in [5, 5.41) is 3.39. The normalized spacial score (nSPS) is 19.0. The molecule has 0 aromatic heterocycles. The van der Waals surface area contributed by atoms with Crippen LogP contribution in [-0.4, -0.2) is 49.0 Å². The monoisotopic (exact) mass is 322 g/mol. The van der Waals surface area contributed by atoms with E-state index in [2.05, 4.69) is 25.4 Å². The Balaban J connectivity index is 0.00000361. The average Bonchev–Trinajstić information content (AvgIpc) is 2.44. The molecule has 1 heterocycles. The molecule has 1 amide bonds. The van der Waals surface area contributed by atoms with Crippen molar-refractivity contribution in [3.8, 4) is 0 Å². The van der Waals surface area contributed by atoms with E-state index in [9.17, 15) is 4.79 Å². The summed E-state index contributed by atoms with van der Waals surface area (Å²) in [7, 11) is 1.96. The van der Waals surface area contributed by atoms with E-state index < -0.39 is 0 Å². The lowest BCUT2D eigenvalue weighted by Gasteiger charge is -2.31. The van der Waals surface area contributed by atoms with E-state index in [1.54, 1.807) is 0 Å². The van der Waals surface area contributed by atoms with Gasteiger partial charge in [-0.1, -0.05) is 6.92 Å². The van der Waals surface area contributed by atoms with E-state index in [-0.39, 0.29) is 12.4 Å². The molecule has 20 heavy (non-hydrogen) atoms. The third kappa shape index (κ3) is 6.68. The predicted molar refractivity (Wildman–Crippen MR) is 91.9 cm³/mol. The van der Waals surface area contributed by atoms with Crippen molar-refractivity contribution in [2.75, 3.05) is 32.1 Å². The Morgan fingerprint density at radius 3 is 2.50 bits per heavy atom. The number of carbonyl (C=O) groups excluding carboxylic acids is 1. The van der Waals surface area contributed by atoms with E-state index in [1.165, 1.54) is 12.8 Å². The highest BCUT2D eigenvalue weighted by Crippen LogP contribution is 2.25. The van der Waals surface area contributed by atoms with Crippen LogP contribution in [-0.2, 0) is 4.79 Å². The van der Waals surface area contributed by atoms with E-state index >= 15 is 0 Å². The molecule has 120 valence electrons. The Morgan fingerprint density at radius 2 is 1.95 bits per heavy atom. The predicted octanol–water partition coefficient (Wildman–Crippen LogP) is 3.03. The van der Waals surface area contributed by atoms with E-state index in [1.807, 2.05) is 23.7 Å². The third-order valence-electron chi connectivity index (χ3n) is 4.48. The van der Waals surface area contributed by atoms with Gasteiger partial charge in [-0.25, -0.2) is 0 Å². The van der Waals surface area contributed by atoms with Crippen molar-refractivity contribution < 1.29 is 4.79 Å². The fourth-order valence-corrected chi connectivity index (χ4v) is 3.30. The zero-order valence-corrected chi connectivity index (χ0v) is 15.0. The van der Waals surface area contributed by atoms with Crippen molar-refractivity contribution >= 4 is 30.1 Å². The molecule has 0 radical (unpaired) electrons. The summed E-state index contributed by atoms with van der Waals surface area (Å²) >= 11 is 1.85. The molecule has 1 fully saturated rings. The maximum atomic E-state index is 12.3. The number of hydrogen-bond acceptors (Lipinski definition) is 3. The van der Waals surface area contributed by atoms with Crippen LogP contribution in [0.3, 0.4) is 0 Å². The molecular formula is C15H31ClN2OS. The molecule has 0 saturated carbocycles. The van der Waals surface area contributed by atoms with Crippen LogP contribution >= 0.6 is 24.2 Å². The molecule has 0 bridgehead atoms. The van der Waals surface area contributed by atoms with Gasteiger partial charge in [-0.2, -0.15) is 11.8 Å². The summed E-state index contributed by atoms with van der Waals surface area (Å²) in [6.45, 7) is 6.63. The van der Waals surface area contributed by atoms with Gasteiger partial charge in [0.05, 0.1) is 0 Å². The molecular weight excluding hydrogens is 292 g/mol. The Kier molecular flexibility index (Phi) is 10.8. The highest BCUT2D eigenvalue weighted by molar-refractivity contribution is 7.98. The minimum atomic E-state index is 0. The third-order valence-corrected chi connectivity index (χ3v) is 5.12. The van der Waals surface area contributed by atoms with Gasteiger partial charge in [0.2, 0.25) is 5.91 Å². The molecule has 0 aromatic rings. The number of nitrogens with one attached hydrogen (secondary N) is 1. The first-order valence-electron chi connectivity index (χ1n) is 7.51. The Morgan fingerprint density at radius 1 is 1.35 bits per heavy atom. The number of rotatable bonds is 7. The van der Waals surface area contributed by atoms with Crippen LogP contribution in [0, 0.1) is 11.8 Å². The number of piperidine rings is 1. The lowest BCUT2D eigenvalue weighted by Crippen LogP contribution is -2.38. The summed E-state index contributed by atoms with van der Waals surface area (Å²) in [5.74, 6) is 2.69. The molecule has 1 N–H and O–H groups in total. The minimum Gasteiger partial charge on any atom is -0.343 e. The van der Waals surface area contributed by atoms with Gasteiger partial charge in [0.1, 0.15) is 0 Å².